The third-order valence-corrected chi connectivity index (χ3v) is 7.84. The van der Waals surface area contributed by atoms with Gasteiger partial charge in [0.15, 0.2) is 0 Å². The zero-order chi connectivity index (χ0) is 19.0. The lowest BCUT2D eigenvalue weighted by Crippen LogP contribution is -2.52. The zero-order valence-corrected chi connectivity index (χ0v) is 16.8. The van der Waals surface area contributed by atoms with E-state index >= 15 is 0 Å². The van der Waals surface area contributed by atoms with E-state index in [1.54, 1.807) is 12.1 Å². The van der Waals surface area contributed by atoms with Gasteiger partial charge in [-0.05, 0) is 80.5 Å². The monoisotopic (exact) mass is 398 g/mol. The summed E-state index contributed by atoms with van der Waals surface area (Å²) in [6.07, 6.45) is 6.91. The van der Waals surface area contributed by atoms with E-state index in [1.165, 1.54) is 19.3 Å². The molecule has 4 bridgehead atoms. The average Bonchev–Trinajstić information content (AvgIpc) is 2.66. The second-order valence-electron chi connectivity index (χ2n) is 8.70. The molecule has 0 heterocycles. The van der Waals surface area contributed by atoms with Crippen LogP contribution in [-0.2, 0) is 9.09 Å². The van der Waals surface area contributed by atoms with Crippen LogP contribution in [0.15, 0.2) is 60.7 Å². The van der Waals surface area contributed by atoms with Crippen LogP contribution in [0.4, 0.5) is 5.69 Å². The molecule has 4 aliphatic carbocycles. The number of para-hydroxylation sites is 2. The number of anilines is 1. The summed E-state index contributed by atoms with van der Waals surface area (Å²) in [5.74, 6) is 2.66. The van der Waals surface area contributed by atoms with Crippen LogP contribution in [-0.4, -0.2) is 5.60 Å². The minimum atomic E-state index is -3.62. The minimum Gasteiger partial charge on any atom is -0.412 e. The van der Waals surface area contributed by atoms with E-state index in [9.17, 15) is 4.57 Å². The SMILES string of the molecule is O=P(NNc1ccccc1)(Oc1ccccc1)OC12CC3CC(CC(C3)C1)C2. The first-order chi connectivity index (χ1) is 13.6. The van der Waals surface area contributed by atoms with Crippen LogP contribution in [0.2, 0.25) is 0 Å². The smallest absolute Gasteiger partial charge is 0.412 e. The molecule has 5 nitrogen and oxygen atoms in total. The lowest BCUT2D eigenvalue weighted by atomic mass is 9.54. The molecule has 0 radical (unpaired) electrons. The van der Waals surface area contributed by atoms with Gasteiger partial charge in [-0.3, -0.25) is 4.52 Å². The summed E-state index contributed by atoms with van der Waals surface area (Å²) in [7, 11) is -3.62. The highest BCUT2D eigenvalue weighted by Crippen LogP contribution is 2.62. The summed E-state index contributed by atoms with van der Waals surface area (Å²) in [6, 6.07) is 18.9. The van der Waals surface area contributed by atoms with Crippen molar-refractivity contribution in [3.05, 3.63) is 60.7 Å². The fourth-order valence-corrected chi connectivity index (χ4v) is 7.26. The largest absolute Gasteiger partial charge is 0.476 e. The van der Waals surface area contributed by atoms with Crippen LogP contribution in [0, 0.1) is 17.8 Å². The van der Waals surface area contributed by atoms with Crippen LogP contribution in [0.3, 0.4) is 0 Å². The fourth-order valence-electron chi connectivity index (χ4n) is 5.74. The fraction of sp³-hybridized carbons (Fsp3) is 0.455. The van der Waals surface area contributed by atoms with Gasteiger partial charge in [0.2, 0.25) is 0 Å². The van der Waals surface area contributed by atoms with Gasteiger partial charge in [-0.15, -0.1) is 5.20 Å². The van der Waals surface area contributed by atoms with Crippen molar-refractivity contribution >= 4 is 13.4 Å². The van der Waals surface area contributed by atoms with Crippen LogP contribution in [0.5, 0.6) is 5.75 Å². The second kappa shape index (κ2) is 7.22. The minimum absolute atomic E-state index is 0.329. The highest BCUT2D eigenvalue weighted by Gasteiger charge is 2.55. The third kappa shape index (κ3) is 3.84. The van der Waals surface area contributed by atoms with Crippen molar-refractivity contribution in [3.8, 4) is 5.75 Å². The number of nitrogens with one attached hydrogen (secondary N) is 2. The summed E-state index contributed by atoms with van der Waals surface area (Å²) in [5.41, 5.74) is 3.51. The molecule has 2 aromatic rings. The summed E-state index contributed by atoms with van der Waals surface area (Å²) < 4.78 is 26.2. The number of rotatable bonds is 7. The molecular weight excluding hydrogens is 371 g/mol. The molecule has 0 aliphatic heterocycles. The highest BCUT2D eigenvalue weighted by molar-refractivity contribution is 7.52. The van der Waals surface area contributed by atoms with Gasteiger partial charge in [-0.1, -0.05) is 36.4 Å². The van der Waals surface area contributed by atoms with Crippen molar-refractivity contribution in [1.82, 2.24) is 5.20 Å². The molecule has 0 aromatic heterocycles. The van der Waals surface area contributed by atoms with Crippen molar-refractivity contribution in [2.45, 2.75) is 44.1 Å². The summed E-state index contributed by atoms with van der Waals surface area (Å²) in [5, 5.41) is 2.90. The van der Waals surface area contributed by atoms with E-state index in [1.807, 2.05) is 48.5 Å². The maximum atomic E-state index is 13.8. The van der Waals surface area contributed by atoms with Gasteiger partial charge in [0, 0.05) is 5.69 Å². The zero-order valence-electron chi connectivity index (χ0n) is 15.9. The Hall–Kier alpha value is -1.81. The molecule has 2 N–H and O–H groups in total. The average molecular weight is 398 g/mol. The summed E-state index contributed by atoms with van der Waals surface area (Å²) in [6.45, 7) is 0. The lowest BCUT2D eigenvalue weighted by molar-refractivity contribution is -0.111. The Morgan fingerprint density at radius 2 is 1.36 bits per heavy atom. The van der Waals surface area contributed by atoms with E-state index in [0.717, 1.165) is 24.9 Å². The second-order valence-corrected chi connectivity index (χ2v) is 10.3. The molecule has 2 aromatic carbocycles. The Balaban J connectivity index is 1.38. The summed E-state index contributed by atoms with van der Waals surface area (Å²) >= 11 is 0. The van der Waals surface area contributed by atoms with E-state index in [0.29, 0.717) is 23.5 Å². The van der Waals surface area contributed by atoms with Gasteiger partial charge >= 0.3 is 7.75 Å². The Morgan fingerprint density at radius 1 is 0.821 bits per heavy atom. The molecule has 6 rings (SSSR count). The predicted octanol–water partition coefficient (Wildman–Crippen LogP) is 5.78. The van der Waals surface area contributed by atoms with Crippen LogP contribution in [0.25, 0.3) is 0 Å². The van der Waals surface area contributed by atoms with E-state index in [2.05, 4.69) is 10.6 Å². The van der Waals surface area contributed by atoms with Gasteiger partial charge in [-0.2, -0.15) is 0 Å². The Morgan fingerprint density at radius 3 is 1.93 bits per heavy atom. The van der Waals surface area contributed by atoms with Gasteiger partial charge in [0.1, 0.15) is 5.75 Å². The van der Waals surface area contributed by atoms with Gasteiger partial charge in [-0.25, -0.2) is 4.57 Å². The van der Waals surface area contributed by atoms with Crippen molar-refractivity contribution in [1.29, 1.82) is 0 Å². The number of hydrogen-bond donors (Lipinski definition) is 2. The molecule has 4 fully saturated rings. The van der Waals surface area contributed by atoms with Crippen molar-refractivity contribution in [2.24, 2.45) is 17.8 Å². The normalized spacial score (nSPS) is 32.6. The highest BCUT2D eigenvalue weighted by atomic mass is 31.2. The molecule has 4 saturated carbocycles. The molecule has 6 heteroatoms. The third-order valence-electron chi connectivity index (χ3n) is 6.38. The van der Waals surface area contributed by atoms with Gasteiger partial charge < -0.3 is 9.95 Å². The molecule has 0 spiro atoms. The van der Waals surface area contributed by atoms with E-state index in [-0.39, 0.29) is 5.60 Å². The number of hydrogen-bond acceptors (Lipinski definition) is 4. The Bertz CT molecular complexity index is 823. The maximum absolute atomic E-state index is 13.8. The van der Waals surface area contributed by atoms with Crippen molar-refractivity contribution < 1.29 is 13.6 Å². The molecule has 1 atom stereocenters. The van der Waals surface area contributed by atoms with Gasteiger partial charge in [0.25, 0.3) is 0 Å². The number of hydrazine groups is 1. The molecule has 4 aliphatic rings. The topological polar surface area (TPSA) is 59.6 Å². The molecular formula is C22H27N2O3P. The first kappa shape index (κ1) is 18.2. The standard InChI is InChI=1S/C22H27N2O3P/c25-28(26-21-9-5-2-6-10-21,24-23-20-7-3-1-4-8-20)27-22-14-17-11-18(15-22)13-19(12-17)16-22/h1-10,17-19,23H,11-16H2,(H,24,25). The quantitative estimate of drug-likeness (QED) is 0.458. The Kier molecular flexibility index (Phi) is 4.70. The first-order valence-corrected chi connectivity index (χ1v) is 11.8. The molecule has 0 saturated heterocycles. The lowest BCUT2D eigenvalue weighted by Gasteiger charge is -2.56. The molecule has 1 unspecified atom stereocenters. The van der Waals surface area contributed by atoms with Crippen LogP contribution < -0.4 is 15.1 Å². The van der Waals surface area contributed by atoms with Crippen molar-refractivity contribution in [2.75, 3.05) is 5.43 Å². The van der Waals surface area contributed by atoms with Gasteiger partial charge in [0.05, 0.1) is 5.60 Å². The number of benzene rings is 2. The summed E-state index contributed by atoms with van der Waals surface area (Å²) in [4.78, 5) is 0. The van der Waals surface area contributed by atoms with E-state index < -0.39 is 7.75 Å². The maximum Gasteiger partial charge on any atom is 0.476 e. The predicted molar refractivity (Wildman–Crippen MR) is 110 cm³/mol. The van der Waals surface area contributed by atoms with Crippen LogP contribution >= 0.6 is 7.75 Å². The first-order valence-electron chi connectivity index (χ1n) is 10.2. The van der Waals surface area contributed by atoms with Crippen molar-refractivity contribution in [3.63, 3.8) is 0 Å². The molecule has 148 valence electrons. The molecule has 0 amide bonds. The van der Waals surface area contributed by atoms with Crippen LogP contribution in [0.1, 0.15) is 38.5 Å². The molecule has 28 heavy (non-hydrogen) atoms. The van der Waals surface area contributed by atoms with E-state index in [4.69, 9.17) is 9.05 Å². The Labute approximate surface area is 166 Å².